The van der Waals surface area contributed by atoms with Gasteiger partial charge in [-0.2, -0.15) is 13.2 Å². The molecule has 0 aromatic carbocycles. The van der Waals surface area contributed by atoms with Crippen molar-refractivity contribution < 1.29 is 18.0 Å². The van der Waals surface area contributed by atoms with E-state index in [1.54, 1.807) is 14.1 Å². The second-order valence-electron chi connectivity index (χ2n) is 4.33. The highest BCUT2D eigenvalue weighted by atomic mass is 19.4. The molecule has 0 saturated heterocycles. The lowest BCUT2D eigenvalue weighted by Gasteiger charge is -2.21. The fraction of sp³-hybridized carbons (Fsp3) is 0.545. The Bertz CT molecular complexity index is 489. The van der Waals surface area contributed by atoms with Crippen LogP contribution in [-0.2, 0) is 11.0 Å². The van der Waals surface area contributed by atoms with Crippen molar-refractivity contribution in [2.24, 2.45) is 0 Å². The van der Waals surface area contributed by atoms with Gasteiger partial charge in [-0.15, -0.1) is 0 Å². The van der Waals surface area contributed by atoms with Crippen LogP contribution in [0.2, 0.25) is 0 Å². The van der Waals surface area contributed by atoms with Crippen LogP contribution in [0.4, 0.5) is 24.8 Å². The monoisotopic (exact) mass is 291 g/mol. The third-order valence-corrected chi connectivity index (χ3v) is 2.48. The van der Waals surface area contributed by atoms with Gasteiger partial charge in [0.2, 0.25) is 11.7 Å². The van der Waals surface area contributed by atoms with Crippen LogP contribution in [0.1, 0.15) is 5.82 Å². The van der Waals surface area contributed by atoms with Crippen LogP contribution in [0, 0.1) is 0 Å². The summed E-state index contributed by atoms with van der Waals surface area (Å²) in [4.78, 5) is 21.0. The molecule has 0 aliphatic rings. The number of nitrogens with zero attached hydrogens (tertiary/aromatic N) is 4. The SMILES string of the molecule is CNc1cc(N(C)CC(=O)N(C)C)nc(C(F)(F)F)n1. The van der Waals surface area contributed by atoms with Crippen LogP contribution in [0.3, 0.4) is 0 Å². The van der Waals surface area contributed by atoms with Gasteiger partial charge in [0.25, 0.3) is 0 Å². The first-order chi connectivity index (χ1) is 9.15. The minimum atomic E-state index is -4.64. The molecular formula is C11H16F3N5O. The first-order valence-electron chi connectivity index (χ1n) is 5.70. The fourth-order valence-corrected chi connectivity index (χ4v) is 1.31. The van der Waals surface area contributed by atoms with Crippen molar-refractivity contribution >= 4 is 17.5 Å². The molecule has 0 fully saturated rings. The number of anilines is 2. The van der Waals surface area contributed by atoms with E-state index in [9.17, 15) is 18.0 Å². The highest BCUT2D eigenvalue weighted by Crippen LogP contribution is 2.28. The van der Waals surface area contributed by atoms with Crippen molar-refractivity contribution in [2.45, 2.75) is 6.18 Å². The van der Waals surface area contributed by atoms with E-state index >= 15 is 0 Å². The van der Waals surface area contributed by atoms with Crippen molar-refractivity contribution in [3.8, 4) is 0 Å². The average molecular weight is 291 g/mol. The van der Waals surface area contributed by atoms with Gasteiger partial charge in [-0.05, 0) is 0 Å². The molecule has 0 bridgehead atoms. The molecule has 0 saturated carbocycles. The zero-order valence-corrected chi connectivity index (χ0v) is 11.6. The molecule has 1 N–H and O–H groups in total. The highest BCUT2D eigenvalue weighted by molar-refractivity contribution is 5.80. The van der Waals surface area contributed by atoms with E-state index in [4.69, 9.17) is 0 Å². The summed E-state index contributed by atoms with van der Waals surface area (Å²) >= 11 is 0. The molecule has 0 aliphatic heterocycles. The van der Waals surface area contributed by atoms with E-state index < -0.39 is 12.0 Å². The molecular weight excluding hydrogens is 275 g/mol. The number of alkyl halides is 3. The maximum absolute atomic E-state index is 12.7. The Morgan fingerprint density at radius 3 is 2.35 bits per heavy atom. The van der Waals surface area contributed by atoms with Gasteiger partial charge in [0.1, 0.15) is 11.6 Å². The summed E-state index contributed by atoms with van der Waals surface area (Å²) in [7, 11) is 6.08. The van der Waals surface area contributed by atoms with Crippen molar-refractivity contribution in [2.75, 3.05) is 45.0 Å². The molecule has 9 heteroatoms. The maximum atomic E-state index is 12.7. The van der Waals surface area contributed by atoms with Gasteiger partial charge in [0, 0.05) is 34.3 Å². The van der Waals surface area contributed by atoms with Crippen LogP contribution in [-0.4, -0.2) is 55.5 Å². The van der Waals surface area contributed by atoms with E-state index in [0.29, 0.717) is 0 Å². The summed E-state index contributed by atoms with van der Waals surface area (Å²) in [5.74, 6) is -1.44. The van der Waals surface area contributed by atoms with Crippen LogP contribution < -0.4 is 10.2 Å². The van der Waals surface area contributed by atoms with E-state index in [1.165, 1.54) is 30.0 Å². The van der Waals surface area contributed by atoms with Crippen molar-refractivity contribution in [1.29, 1.82) is 0 Å². The second-order valence-corrected chi connectivity index (χ2v) is 4.33. The molecule has 0 atom stereocenters. The molecule has 0 radical (unpaired) electrons. The van der Waals surface area contributed by atoms with Gasteiger partial charge >= 0.3 is 6.18 Å². The van der Waals surface area contributed by atoms with E-state index in [2.05, 4.69) is 15.3 Å². The number of carbonyl (C=O) groups is 1. The highest BCUT2D eigenvalue weighted by Gasteiger charge is 2.35. The number of hydrogen-bond donors (Lipinski definition) is 1. The Labute approximate surface area is 114 Å². The Hall–Kier alpha value is -2.06. The summed E-state index contributed by atoms with van der Waals surface area (Å²) in [5.41, 5.74) is 0. The smallest absolute Gasteiger partial charge is 0.373 e. The predicted octanol–water partition coefficient (Wildman–Crippen LogP) is 1.06. The number of carbonyl (C=O) groups excluding carboxylic acids is 1. The van der Waals surface area contributed by atoms with E-state index in [-0.39, 0.29) is 24.1 Å². The van der Waals surface area contributed by atoms with Gasteiger partial charge in [-0.3, -0.25) is 4.79 Å². The molecule has 6 nitrogen and oxygen atoms in total. The van der Waals surface area contributed by atoms with Gasteiger partial charge in [0.05, 0.1) is 6.54 Å². The van der Waals surface area contributed by atoms with Crippen LogP contribution in [0.15, 0.2) is 6.07 Å². The summed E-state index contributed by atoms with van der Waals surface area (Å²) in [6, 6.07) is 1.35. The third kappa shape index (κ3) is 3.97. The predicted molar refractivity (Wildman–Crippen MR) is 68.5 cm³/mol. The number of aromatic nitrogens is 2. The molecule has 1 aromatic rings. The number of halogens is 3. The number of amides is 1. The zero-order chi connectivity index (χ0) is 15.5. The van der Waals surface area contributed by atoms with Crippen LogP contribution >= 0.6 is 0 Å². The standard InChI is InChI=1S/C11H16F3N5O/c1-15-7-5-8(17-10(16-7)11(12,13)14)19(4)6-9(20)18(2)3/h5H,6H2,1-4H3,(H,15,16,17). The normalized spacial score (nSPS) is 11.2. The molecule has 112 valence electrons. The quantitative estimate of drug-likeness (QED) is 0.899. The molecule has 1 amide bonds. The number of rotatable bonds is 4. The first-order valence-corrected chi connectivity index (χ1v) is 5.70. The van der Waals surface area contributed by atoms with Gasteiger partial charge in [0.15, 0.2) is 0 Å². The largest absolute Gasteiger partial charge is 0.451 e. The van der Waals surface area contributed by atoms with Gasteiger partial charge in [-0.25, -0.2) is 9.97 Å². The third-order valence-electron chi connectivity index (χ3n) is 2.48. The van der Waals surface area contributed by atoms with Crippen molar-refractivity contribution in [1.82, 2.24) is 14.9 Å². The molecule has 1 rings (SSSR count). The minimum Gasteiger partial charge on any atom is -0.373 e. The maximum Gasteiger partial charge on any atom is 0.451 e. The van der Waals surface area contributed by atoms with E-state index in [1.807, 2.05) is 0 Å². The lowest BCUT2D eigenvalue weighted by atomic mass is 10.4. The Morgan fingerprint density at radius 1 is 1.30 bits per heavy atom. The molecule has 0 aliphatic carbocycles. The average Bonchev–Trinajstić information content (AvgIpc) is 2.36. The number of nitrogens with one attached hydrogen (secondary N) is 1. The first kappa shape index (κ1) is 16.0. The van der Waals surface area contributed by atoms with Crippen molar-refractivity contribution in [3.63, 3.8) is 0 Å². The number of hydrogen-bond acceptors (Lipinski definition) is 5. The van der Waals surface area contributed by atoms with E-state index in [0.717, 1.165) is 0 Å². The molecule has 0 spiro atoms. The molecule has 20 heavy (non-hydrogen) atoms. The number of likely N-dealkylation sites (N-methyl/N-ethyl adjacent to an activating group) is 2. The summed E-state index contributed by atoms with van der Waals surface area (Å²) < 4.78 is 38.1. The van der Waals surface area contributed by atoms with Crippen LogP contribution in [0.5, 0.6) is 0 Å². The Morgan fingerprint density at radius 2 is 1.90 bits per heavy atom. The summed E-state index contributed by atoms with van der Waals surface area (Å²) in [6.07, 6.45) is -4.64. The fourth-order valence-electron chi connectivity index (χ4n) is 1.31. The molecule has 1 aromatic heterocycles. The Kier molecular flexibility index (Phi) is 4.74. The van der Waals surface area contributed by atoms with Crippen molar-refractivity contribution in [3.05, 3.63) is 11.9 Å². The van der Waals surface area contributed by atoms with Gasteiger partial charge < -0.3 is 15.1 Å². The van der Waals surface area contributed by atoms with Crippen LogP contribution in [0.25, 0.3) is 0 Å². The topological polar surface area (TPSA) is 61.4 Å². The molecule has 0 unspecified atom stereocenters. The van der Waals surface area contributed by atoms with Gasteiger partial charge in [-0.1, -0.05) is 0 Å². The lowest BCUT2D eigenvalue weighted by molar-refractivity contribution is -0.144. The minimum absolute atomic E-state index is 0.0203. The Balaban J connectivity index is 3.08. The lowest BCUT2D eigenvalue weighted by Crippen LogP contribution is -2.35. The summed E-state index contributed by atoms with van der Waals surface area (Å²) in [6.45, 7) is -0.0789. The zero-order valence-electron chi connectivity index (χ0n) is 11.6. The molecule has 1 heterocycles. The summed E-state index contributed by atoms with van der Waals surface area (Å²) in [5, 5.41) is 2.54. The second kappa shape index (κ2) is 5.93.